The molecule has 2 aromatic rings. The second-order valence-corrected chi connectivity index (χ2v) is 8.03. The van der Waals surface area contributed by atoms with Gasteiger partial charge in [0.2, 0.25) is 11.8 Å². The molecule has 154 valence electrons. The molecule has 3 amide bonds. The molecule has 0 atom stereocenters. The van der Waals surface area contributed by atoms with Gasteiger partial charge >= 0.3 is 6.03 Å². The Hall–Kier alpha value is -2.72. The van der Waals surface area contributed by atoms with Gasteiger partial charge in [0.25, 0.3) is 0 Å². The Morgan fingerprint density at radius 3 is 2.83 bits per heavy atom. The number of amides is 3. The average Bonchev–Trinajstić information content (AvgIpc) is 3.17. The minimum atomic E-state index is -0.300. The van der Waals surface area contributed by atoms with Gasteiger partial charge in [0.15, 0.2) is 5.13 Å². The number of fused-ring (bicyclic) bond motifs is 1. The van der Waals surface area contributed by atoms with E-state index >= 15 is 0 Å². The third-order valence-corrected chi connectivity index (χ3v) is 6.29. The van der Waals surface area contributed by atoms with Crippen molar-refractivity contribution in [3.63, 3.8) is 0 Å². The zero-order valence-corrected chi connectivity index (χ0v) is 17.0. The van der Waals surface area contributed by atoms with Crippen LogP contribution >= 0.6 is 11.3 Å². The molecule has 0 bridgehead atoms. The fraction of sp³-hybridized carbons (Fsp3) is 0.474. The van der Waals surface area contributed by atoms with Crippen LogP contribution in [0.3, 0.4) is 0 Å². The van der Waals surface area contributed by atoms with Gasteiger partial charge in [0.05, 0.1) is 25.0 Å². The second-order valence-electron chi connectivity index (χ2n) is 7.03. The van der Waals surface area contributed by atoms with Crippen LogP contribution in [-0.4, -0.2) is 60.2 Å². The summed E-state index contributed by atoms with van der Waals surface area (Å²) in [6, 6.07) is -0.231. The molecule has 0 saturated carbocycles. The van der Waals surface area contributed by atoms with E-state index in [1.165, 1.54) is 11.3 Å². The molecule has 2 aliphatic rings. The van der Waals surface area contributed by atoms with Crippen molar-refractivity contribution in [1.29, 1.82) is 0 Å². The summed E-state index contributed by atoms with van der Waals surface area (Å²) in [5, 5.41) is 3.37. The predicted octanol–water partition coefficient (Wildman–Crippen LogP) is 2.23. The number of nitrogens with zero attached hydrogens (tertiary/aromatic N) is 3. The van der Waals surface area contributed by atoms with Crippen molar-refractivity contribution in [2.75, 3.05) is 38.7 Å². The Kier molecular flexibility index (Phi) is 5.63. The lowest BCUT2D eigenvalue weighted by molar-refractivity contribution is -0.122. The number of methoxy groups -OCH3 is 1. The molecule has 4 rings (SSSR count). The molecule has 0 aliphatic carbocycles. The summed E-state index contributed by atoms with van der Waals surface area (Å²) in [7, 11) is 1.55. The van der Waals surface area contributed by atoms with Crippen LogP contribution in [-0.2, 0) is 9.53 Å². The number of rotatable bonds is 4. The van der Waals surface area contributed by atoms with Crippen molar-refractivity contribution in [3.8, 4) is 5.88 Å². The number of nitrogens with two attached hydrogens (primary N) is 1. The van der Waals surface area contributed by atoms with Gasteiger partial charge in [0.1, 0.15) is 5.52 Å². The van der Waals surface area contributed by atoms with E-state index in [0.717, 1.165) is 22.3 Å². The first-order valence-electron chi connectivity index (χ1n) is 9.52. The van der Waals surface area contributed by atoms with E-state index in [1.807, 2.05) is 6.08 Å². The molecule has 0 aromatic carbocycles. The lowest BCUT2D eigenvalue weighted by Gasteiger charge is -2.30. The quantitative estimate of drug-likeness (QED) is 0.787. The Bertz CT molecular complexity index is 965. The molecular weight excluding hydrogens is 394 g/mol. The summed E-state index contributed by atoms with van der Waals surface area (Å²) >= 11 is 1.40. The number of ether oxygens (including phenoxy) is 2. The summed E-state index contributed by atoms with van der Waals surface area (Å²) in [6.45, 7) is 2.23. The zero-order valence-electron chi connectivity index (χ0n) is 16.1. The van der Waals surface area contributed by atoms with E-state index in [4.69, 9.17) is 15.2 Å². The number of aromatic nitrogens is 2. The molecule has 1 saturated heterocycles. The first-order valence-corrected chi connectivity index (χ1v) is 10.3. The van der Waals surface area contributed by atoms with Crippen molar-refractivity contribution < 1.29 is 19.1 Å². The van der Waals surface area contributed by atoms with E-state index in [0.29, 0.717) is 55.7 Å². The number of likely N-dealkylation sites (tertiary alicyclic amines) is 1. The highest BCUT2D eigenvalue weighted by molar-refractivity contribution is 7.22. The standard InChI is InChI=1S/C19H23N5O4S/c1-27-17-14-15(13(10-21-17)11-4-8-28-9-5-11)29-18(22-14)23-19(26)24-6-2-12(3-7-24)16(20)25/h4,10,12H,2-3,5-9H2,1H3,(H2,20,25)(H,22,23,26). The van der Waals surface area contributed by atoms with E-state index in [-0.39, 0.29) is 17.9 Å². The maximum Gasteiger partial charge on any atom is 0.323 e. The average molecular weight is 417 g/mol. The highest BCUT2D eigenvalue weighted by atomic mass is 32.1. The second kappa shape index (κ2) is 8.34. The smallest absolute Gasteiger partial charge is 0.323 e. The van der Waals surface area contributed by atoms with Gasteiger partial charge in [-0.3, -0.25) is 10.1 Å². The summed E-state index contributed by atoms with van der Waals surface area (Å²) in [6.07, 6.45) is 5.81. The van der Waals surface area contributed by atoms with Gasteiger partial charge in [-0.2, -0.15) is 0 Å². The lowest BCUT2D eigenvalue weighted by atomic mass is 9.96. The molecule has 3 N–H and O–H groups in total. The largest absolute Gasteiger partial charge is 0.479 e. The highest BCUT2D eigenvalue weighted by Crippen LogP contribution is 2.37. The summed E-state index contributed by atoms with van der Waals surface area (Å²) in [5.74, 6) is -0.0339. The third kappa shape index (κ3) is 4.03. The first-order chi connectivity index (χ1) is 14.1. The number of anilines is 1. The van der Waals surface area contributed by atoms with Crippen LogP contribution in [0.2, 0.25) is 0 Å². The number of nitrogens with one attached hydrogen (secondary N) is 1. The van der Waals surface area contributed by atoms with Gasteiger partial charge in [-0.25, -0.2) is 14.8 Å². The molecule has 2 aliphatic heterocycles. The molecule has 10 heteroatoms. The Morgan fingerprint density at radius 2 is 2.17 bits per heavy atom. The number of carbonyl (C=O) groups is 2. The van der Waals surface area contributed by atoms with Crippen LogP contribution in [0.5, 0.6) is 5.88 Å². The van der Waals surface area contributed by atoms with Crippen molar-refractivity contribution in [1.82, 2.24) is 14.9 Å². The Balaban J connectivity index is 1.56. The molecule has 1 fully saturated rings. The topological polar surface area (TPSA) is 120 Å². The summed E-state index contributed by atoms with van der Waals surface area (Å²) < 4.78 is 11.7. The molecule has 0 spiro atoms. The number of piperidine rings is 1. The highest BCUT2D eigenvalue weighted by Gasteiger charge is 2.27. The molecule has 29 heavy (non-hydrogen) atoms. The van der Waals surface area contributed by atoms with E-state index < -0.39 is 0 Å². The van der Waals surface area contributed by atoms with Crippen molar-refractivity contribution in [2.45, 2.75) is 19.3 Å². The monoisotopic (exact) mass is 417 g/mol. The third-order valence-electron chi connectivity index (χ3n) is 5.29. The SMILES string of the molecule is COc1ncc(C2=CCOCC2)c2sc(NC(=O)N3CCC(C(N)=O)CC3)nc12. The molecular formula is C19H23N5O4S. The number of thiazole rings is 1. The van der Waals surface area contributed by atoms with Gasteiger partial charge in [-0.15, -0.1) is 0 Å². The Labute approximate surface area is 171 Å². The molecule has 4 heterocycles. The van der Waals surface area contributed by atoms with Crippen molar-refractivity contribution in [3.05, 3.63) is 17.8 Å². The molecule has 2 aromatic heterocycles. The number of pyridine rings is 1. The molecule has 9 nitrogen and oxygen atoms in total. The fourth-order valence-corrected chi connectivity index (χ4v) is 4.62. The zero-order chi connectivity index (χ0) is 20.4. The number of primary amides is 1. The van der Waals surface area contributed by atoms with Gasteiger partial charge < -0.3 is 20.1 Å². The van der Waals surface area contributed by atoms with Crippen LogP contribution in [0.25, 0.3) is 15.8 Å². The van der Waals surface area contributed by atoms with E-state index in [1.54, 1.807) is 18.2 Å². The number of carbonyl (C=O) groups excluding carboxylic acids is 2. The van der Waals surface area contributed by atoms with Crippen LogP contribution in [0, 0.1) is 5.92 Å². The summed E-state index contributed by atoms with van der Waals surface area (Å²) in [5.41, 5.74) is 8.14. The van der Waals surface area contributed by atoms with Gasteiger partial charge in [-0.1, -0.05) is 17.4 Å². The van der Waals surface area contributed by atoms with Crippen LogP contribution < -0.4 is 15.8 Å². The number of urea groups is 1. The van der Waals surface area contributed by atoms with Crippen LogP contribution in [0.1, 0.15) is 24.8 Å². The lowest BCUT2D eigenvalue weighted by Crippen LogP contribution is -2.43. The van der Waals surface area contributed by atoms with Crippen molar-refractivity contribution >= 4 is 44.2 Å². The van der Waals surface area contributed by atoms with Gasteiger partial charge in [0, 0.05) is 30.8 Å². The minimum Gasteiger partial charge on any atom is -0.479 e. The normalized spacial score (nSPS) is 17.8. The van der Waals surface area contributed by atoms with E-state index in [9.17, 15) is 9.59 Å². The fourth-order valence-electron chi connectivity index (χ4n) is 3.63. The minimum absolute atomic E-state index is 0.160. The van der Waals surface area contributed by atoms with E-state index in [2.05, 4.69) is 15.3 Å². The summed E-state index contributed by atoms with van der Waals surface area (Å²) in [4.78, 5) is 34.6. The molecule has 0 radical (unpaired) electrons. The Morgan fingerprint density at radius 1 is 1.38 bits per heavy atom. The molecule has 0 unspecified atom stereocenters. The maximum atomic E-state index is 12.7. The van der Waals surface area contributed by atoms with Crippen LogP contribution in [0.4, 0.5) is 9.93 Å². The number of hydrogen-bond acceptors (Lipinski definition) is 7. The predicted molar refractivity (Wildman–Crippen MR) is 110 cm³/mol. The van der Waals surface area contributed by atoms with Gasteiger partial charge in [-0.05, 0) is 24.8 Å². The number of hydrogen-bond donors (Lipinski definition) is 2. The van der Waals surface area contributed by atoms with Crippen molar-refractivity contribution in [2.24, 2.45) is 11.7 Å². The maximum absolute atomic E-state index is 12.7. The first kappa shape index (κ1) is 19.6. The van der Waals surface area contributed by atoms with Crippen LogP contribution in [0.15, 0.2) is 12.3 Å².